The Kier molecular flexibility index (Phi) is 7.71. The predicted molar refractivity (Wildman–Crippen MR) is 80.5 cm³/mol. The summed E-state index contributed by atoms with van der Waals surface area (Å²) >= 11 is 0. The van der Waals surface area contributed by atoms with Crippen LogP contribution in [0.3, 0.4) is 0 Å². The molecule has 5 nitrogen and oxygen atoms in total. The quantitative estimate of drug-likeness (QED) is 0.844. The van der Waals surface area contributed by atoms with Gasteiger partial charge in [0.25, 0.3) is 0 Å². The third kappa shape index (κ3) is 5.61. The molecule has 110 valence electrons. The van der Waals surface area contributed by atoms with E-state index in [1.165, 1.54) is 0 Å². The number of nitrogens with zero attached hydrogens (tertiary/aromatic N) is 2. The fraction of sp³-hybridized carbons (Fsp3) is 0.692. The van der Waals surface area contributed by atoms with Gasteiger partial charge in [0, 0.05) is 18.8 Å². The first-order valence-corrected chi connectivity index (χ1v) is 6.49. The average molecular weight is 289 g/mol. The number of amides is 1. The van der Waals surface area contributed by atoms with E-state index in [4.69, 9.17) is 5.73 Å². The summed E-state index contributed by atoms with van der Waals surface area (Å²) in [6.07, 6.45) is 4.31. The van der Waals surface area contributed by atoms with E-state index in [-0.39, 0.29) is 30.3 Å². The van der Waals surface area contributed by atoms with Gasteiger partial charge in [-0.2, -0.15) is 5.10 Å². The van der Waals surface area contributed by atoms with E-state index < -0.39 is 0 Å². The highest BCUT2D eigenvalue weighted by Crippen LogP contribution is 2.15. The fourth-order valence-corrected chi connectivity index (χ4v) is 1.81. The third-order valence-electron chi connectivity index (χ3n) is 2.81. The summed E-state index contributed by atoms with van der Waals surface area (Å²) in [6.45, 7) is 8.64. The van der Waals surface area contributed by atoms with E-state index in [0.29, 0.717) is 12.5 Å². The molecule has 1 aromatic rings. The maximum absolute atomic E-state index is 12.0. The summed E-state index contributed by atoms with van der Waals surface area (Å²) in [4.78, 5) is 12.0. The zero-order chi connectivity index (χ0) is 13.7. The highest BCUT2D eigenvalue weighted by molar-refractivity contribution is 5.92. The largest absolute Gasteiger partial charge is 0.330 e. The van der Waals surface area contributed by atoms with Crippen molar-refractivity contribution >= 4 is 24.0 Å². The predicted octanol–water partition coefficient (Wildman–Crippen LogP) is 2.45. The van der Waals surface area contributed by atoms with Crippen LogP contribution in [0, 0.1) is 11.8 Å². The standard InChI is InChI=1S/C13H24N4O.ClH/c1-9(2)5-11(6-14)13(18)16-12-7-15-17(8-12)10(3)4;/h7-11H,5-6,14H2,1-4H3,(H,16,18);1H. The van der Waals surface area contributed by atoms with Gasteiger partial charge in [-0.05, 0) is 26.2 Å². The van der Waals surface area contributed by atoms with E-state index >= 15 is 0 Å². The van der Waals surface area contributed by atoms with Crippen LogP contribution < -0.4 is 11.1 Å². The second-order valence-corrected chi connectivity index (χ2v) is 5.35. The highest BCUT2D eigenvalue weighted by atomic mass is 35.5. The highest BCUT2D eigenvalue weighted by Gasteiger charge is 2.18. The maximum Gasteiger partial charge on any atom is 0.228 e. The van der Waals surface area contributed by atoms with Crippen LogP contribution in [0.5, 0.6) is 0 Å². The Morgan fingerprint density at radius 3 is 2.47 bits per heavy atom. The summed E-state index contributed by atoms with van der Waals surface area (Å²) in [5.74, 6) is 0.310. The molecule has 1 unspecified atom stereocenters. The number of hydrogen-bond acceptors (Lipinski definition) is 3. The number of hydrogen-bond donors (Lipinski definition) is 2. The molecule has 1 aromatic heterocycles. The molecule has 0 aromatic carbocycles. The Labute approximate surface area is 121 Å². The monoisotopic (exact) mass is 288 g/mol. The van der Waals surface area contributed by atoms with Crippen molar-refractivity contribution in [2.75, 3.05) is 11.9 Å². The van der Waals surface area contributed by atoms with Gasteiger partial charge in [0.15, 0.2) is 0 Å². The molecule has 1 rings (SSSR count). The van der Waals surface area contributed by atoms with Gasteiger partial charge in [-0.3, -0.25) is 9.48 Å². The van der Waals surface area contributed by atoms with E-state index in [2.05, 4.69) is 24.3 Å². The molecule has 0 spiro atoms. The Morgan fingerprint density at radius 1 is 1.42 bits per heavy atom. The number of anilines is 1. The molecule has 1 atom stereocenters. The van der Waals surface area contributed by atoms with Gasteiger partial charge in [0.1, 0.15) is 0 Å². The zero-order valence-corrected chi connectivity index (χ0v) is 12.9. The van der Waals surface area contributed by atoms with Crippen LogP contribution in [0.1, 0.15) is 40.2 Å². The van der Waals surface area contributed by atoms with E-state index in [1.807, 2.05) is 24.7 Å². The lowest BCUT2D eigenvalue weighted by Crippen LogP contribution is -2.30. The van der Waals surface area contributed by atoms with Gasteiger partial charge >= 0.3 is 0 Å². The number of nitrogens with one attached hydrogen (secondary N) is 1. The number of rotatable bonds is 6. The molecule has 0 aliphatic carbocycles. The lowest BCUT2D eigenvalue weighted by Gasteiger charge is -2.16. The molecule has 6 heteroatoms. The Bertz CT molecular complexity index is 390. The Balaban J connectivity index is 0.00000324. The first-order valence-electron chi connectivity index (χ1n) is 6.49. The molecular formula is C13H25ClN4O. The van der Waals surface area contributed by atoms with Crippen molar-refractivity contribution in [2.45, 2.75) is 40.2 Å². The lowest BCUT2D eigenvalue weighted by atomic mass is 9.96. The SMILES string of the molecule is CC(C)CC(CN)C(=O)Nc1cnn(C(C)C)c1.Cl. The van der Waals surface area contributed by atoms with Crippen molar-refractivity contribution in [3.8, 4) is 0 Å². The molecule has 19 heavy (non-hydrogen) atoms. The van der Waals surface area contributed by atoms with Crippen LogP contribution in [0.4, 0.5) is 5.69 Å². The van der Waals surface area contributed by atoms with E-state index in [1.54, 1.807) is 6.20 Å². The van der Waals surface area contributed by atoms with Crippen LogP contribution in [-0.2, 0) is 4.79 Å². The summed E-state index contributed by atoms with van der Waals surface area (Å²) in [6, 6.07) is 0.289. The van der Waals surface area contributed by atoms with Crippen LogP contribution >= 0.6 is 12.4 Å². The molecule has 0 bridgehead atoms. The molecule has 1 heterocycles. The second-order valence-electron chi connectivity index (χ2n) is 5.35. The number of nitrogens with two attached hydrogens (primary N) is 1. The average Bonchev–Trinajstić information content (AvgIpc) is 2.74. The van der Waals surface area contributed by atoms with Gasteiger partial charge < -0.3 is 11.1 Å². The summed E-state index contributed by atoms with van der Waals surface area (Å²) in [5, 5.41) is 7.06. The molecule has 0 fully saturated rings. The number of halogens is 1. The van der Waals surface area contributed by atoms with E-state index in [9.17, 15) is 4.79 Å². The van der Waals surface area contributed by atoms with Crippen LogP contribution in [0.25, 0.3) is 0 Å². The third-order valence-corrected chi connectivity index (χ3v) is 2.81. The van der Waals surface area contributed by atoms with Gasteiger partial charge in [0.05, 0.1) is 17.8 Å². The molecule has 3 N–H and O–H groups in total. The summed E-state index contributed by atoms with van der Waals surface area (Å²) < 4.78 is 1.81. The van der Waals surface area contributed by atoms with Gasteiger partial charge in [-0.1, -0.05) is 13.8 Å². The Morgan fingerprint density at radius 2 is 2.05 bits per heavy atom. The molecule has 1 amide bonds. The Hall–Kier alpha value is -1.07. The van der Waals surface area contributed by atoms with Crippen LogP contribution in [0.15, 0.2) is 12.4 Å². The van der Waals surface area contributed by atoms with Gasteiger partial charge in [0.2, 0.25) is 5.91 Å². The minimum absolute atomic E-state index is 0. The molecule has 0 saturated heterocycles. The molecule has 0 aliphatic heterocycles. The van der Waals surface area contributed by atoms with Crippen molar-refractivity contribution in [2.24, 2.45) is 17.6 Å². The van der Waals surface area contributed by atoms with E-state index in [0.717, 1.165) is 12.1 Å². The number of carbonyl (C=O) groups is 1. The lowest BCUT2D eigenvalue weighted by molar-refractivity contribution is -0.120. The van der Waals surface area contributed by atoms with Crippen molar-refractivity contribution in [1.82, 2.24) is 9.78 Å². The molecule has 0 radical (unpaired) electrons. The smallest absolute Gasteiger partial charge is 0.228 e. The van der Waals surface area contributed by atoms with Crippen molar-refractivity contribution in [3.63, 3.8) is 0 Å². The van der Waals surface area contributed by atoms with Crippen LogP contribution in [-0.4, -0.2) is 22.2 Å². The fourth-order valence-electron chi connectivity index (χ4n) is 1.81. The normalized spacial score (nSPS) is 12.4. The number of carbonyl (C=O) groups excluding carboxylic acids is 1. The molecule has 0 aliphatic rings. The van der Waals surface area contributed by atoms with Crippen LogP contribution in [0.2, 0.25) is 0 Å². The minimum Gasteiger partial charge on any atom is -0.330 e. The summed E-state index contributed by atoms with van der Waals surface area (Å²) in [5.41, 5.74) is 6.38. The molecular weight excluding hydrogens is 264 g/mol. The van der Waals surface area contributed by atoms with Gasteiger partial charge in [-0.15, -0.1) is 12.4 Å². The number of aromatic nitrogens is 2. The molecule has 0 saturated carbocycles. The first-order chi connectivity index (χ1) is 8.43. The van der Waals surface area contributed by atoms with Gasteiger partial charge in [-0.25, -0.2) is 0 Å². The van der Waals surface area contributed by atoms with Crippen molar-refractivity contribution in [1.29, 1.82) is 0 Å². The second kappa shape index (κ2) is 8.17. The summed E-state index contributed by atoms with van der Waals surface area (Å²) in [7, 11) is 0. The van der Waals surface area contributed by atoms with Crippen molar-refractivity contribution < 1.29 is 4.79 Å². The topological polar surface area (TPSA) is 72.9 Å². The maximum atomic E-state index is 12.0. The minimum atomic E-state index is -0.132. The first kappa shape index (κ1) is 17.9. The van der Waals surface area contributed by atoms with Crippen molar-refractivity contribution in [3.05, 3.63) is 12.4 Å². The zero-order valence-electron chi connectivity index (χ0n) is 12.1.